The molecule has 0 bridgehead atoms. The lowest BCUT2D eigenvalue weighted by atomic mass is 10.2. The van der Waals surface area contributed by atoms with Gasteiger partial charge in [-0.2, -0.15) is 10.2 Å². The van der Waals surface area contributed by atoms with E-state index in [1.54, 1.807) is 29.1 Å². The number of nitrogens with zero attached hydrogens (tertiary/aromatic N) is 5. The third kappa shape index (κ3) is 2.92. The summed E-state index contributed by atoms with van der Waals surface area (Å²) in [6.07, 6.45) is 3.01. The zero-order chi connectivity index (χ0) is 17.9. The number of fused-ring (bicyclic) bond motifs is 1. The molecule has 0 amide bonds. The van der Waals surface area contributed by atoms with E-state index >= 15 is 0 Å². The zero-order valence-corrected chi connectivity index (χ0v) is 13.8. The van der Waals surface area contributed by atoms with Gasteiger partial charge < -0.3 is 4.74 Å². The lowest BCUT2D eigenvalue weighted by Gasteiger charge is -2.04. The number of halogens is 1. The molecule has 26 heavy (non-hydrogen) atoms. The van der Waals surface area contributed by atoms with Crippen molar-refractivity contribution in [1.29, 1.82) is 0 Å². The van der Waals surface area contributed by atoms with Crippen LogP contribution < -0.4 is 0 Å². The average Bonchev–Trinajstić information content (AvgIpc) is 3.27. The summed E-state index contributed by atoms with van der Waals surface area (Å²) >= 11 is 0. The second kappa shape index (κ2) is 6.75. The molecule has 0 aliphatic carbocycles. The van der Waals surface area contributed by atoms with Crippen molar-refractivity contribution in [3.63, 3.8) is 0 Å². The van der Waals surface area contributed by atoms with E-state index < -0.39 is 0 Å². The summed E-state index contributed by atoms with van der Waals surface area (Å²) in [5, 5.41) is 12.3. The number of aromatic nitrogens is 6. The lowest BCUT2D eigenvalue weighted by molar-refractivity contribution is 0.229. The van der Waals surface area contributed by atoms with Crippen LogP contribution in [-0.2, 0) is 17.9 Å². The number of rotatable bonds is 6. The molecule has 0 unspecified atom stereocenters. The average molecular weight is 350 g/mol. The Morgan fingerprint density at radius 1 is 1.23 bits per heavy atom. The summed E-state index contributed by atoms with van der Waals surface area (Å²) in [7, 11) is 0. The molecule has 0 saturated heterocycles. The molecule has 4 aromatic rings. The smallest absolute Gasteiger partial charge is 0.188 e. The zero-order valence-electron chi connectivity index (χ0n) is 13.8. The van der Waals surface area contributed by atoms with Crippen LogP contribution in [0.2, 0.25) is 0 Å². The Morgan fingerprint density at radius 3 is 2.96 bits per heavy atom. The van der Waals surface area contributed by atoms with Gasteiger partial charge in [0.1, 0.15) is 18.1 Å². The number of benzene rings is 1. The van der Waals surface area contributed by atoms with Gasteiger partial charge in [-0.05, 0) is 18.2 Å². The fourth-order valence-electron chi connectivity index (χ4n) is 2.68. The van der Waals surface area contributed by atoms with Crippen molar-refractivity contribution in [2.75, 3.05) is 0 Å². The monoisotopic (exact) mass is 350 g/mol. The number of pyridine rings is 1. The minimum atomic E-state index is -0.280. The van der Waals surface area contributed by atoms with E-state index in [1.807, 2.05) is 12.1 Å². The first-order valence-corrected chi connectivity index (χ1v) is 7.95. The van der Waals surface area contributed by atoms with E-state index in [9.17, 15) is 4.39 Å². The molecule has 0 fully saturated rings. The largest absolute Gasteiger partial charge is 0.494 e. The van der Waals surface area contributed by atoms with E-state index in [2.05, 4.69) is 31.8 Å². The Kier molecular flexibility index (Phi) is 4.14. The first-order valence-electron chi connectivity index (χ1n) is 7.95. The normalized spacial score (nSPS) is 11.0. The van der Waals surface area contributed by atoms with Gasteiger partial charge in [-0.25, -0.2) is 19.0 Å². The van der Waals surface area contributed by atoms with Gasteiger partial charge in [0.15, 0.2) is 17.3 Å². The van der Waals surface area contributed by atoms with Crippen molar-refractivity contribution >= 4 is 11.0 Å². The number of ether oxygens (including phenoxy) is 1. The molecular formula is C18H15FN6O. The number of hydrogen-bond acceptors (Lipinski definition) is 5. The van der Waals surface area contributed by atoms with Crippen LogP contribution in [0.4, 0.5) is 4.39 Å². The van der Waals surface area contributed by atoms with Crippen LogP contribution >= 0.6 is 0 Å². The minimum absolute atomic E-state index is 0.214. The molecule has 8 heteroatoms. The van der Waals surface area contributed by atoms with Crippen LogP contribution in [0, 0.1) is 5.82 Å². The third-order valence-electron chi connectivity index (χ3n) is 3.87. The Balaban J connectivity index is 1.75. The molecule has 0 atom stereocenters. The van der Waals surface area contributed by atoms with Crippen LogP contribution in [0.25, 0.3) is 22.6 Å². The molecule has 0 aliphatic rings. The van der Waals surface area contributed by atoms with E-state index in [0.29, 0.717) is 28.6 Å². The minimum Gasteiger partial charge on any atom is -0.494 e. The summed E-state index contributed by atoms with van der Waals surface area (Å²) in [5.41, 5.74) is 1.78. The fourth-order valence-corrected chi connectivity index (χ4v) is 2.68. The molecule has 4 rings (SSSR count). The number of H-pyrrole nitrogens is 1. The highest BCUT2D eigenvalue weighted by Crippen LogP contribution is 2.25. The molecule has 1 aromatic carbocycles. The Labute approximate surface area is 148 Å². The first kappa shape index (κ1) is 15.9. The van der Waals surface area contributed by atoms with Gasteiger partial charge in [0, 0.05) is 11.8 Å². The van der Waals surface area contributed by atoms with Crippen molar-refractivity contribution in [2.24, 2.45) is 0 Å². The highest BCUT2D eigenvalue weighted by atomic mass is 19.1. The first-order chi connectivity index (χ1) is 12.8. The van der Waals surface area contributed by atoms with Crippen molar-refractivity contribution in [1.82, 2.24) is 29.9 Å². The Hall–Kier alpha value is -3.55. The summed E-state index contributed by atoms with van der Waals surface area (Å²) in [6.45, 7) is 3.97. The number of nitrogens with one attached hydrogen (secondary N) is 1. The maximum absolute atomic E-state index is 14.0. The maximum Gasteiger partial charge on any atom is 0.188 e. The summed E-state index contributed by atoms with van der Waals surface area (Å²) in [4.78, 5) is 8.78. The van der Waals surface area contributed by atoms with Crippen LogP contribution in [0.15, 0.2) is 55.4 Å². The van der Waals surface area contributed by atoms with Gasteiger partial charge in [-0.1, -0.05) is 24.8 Å². The van der Waals surface area contributed by atoms with E-state index in [4.69, 9.17) is 4.74 Å². The summed E-state index contributed by atoms with van der Waals surface area (Å²) < 4.78 is 20.8. The molecule has 0 aliphatic heterocycles. The molecular weight excluding hydrogens is 335 g/mol. The van der Waals surface area contributed by atoms with Gasteiger partial charge in [0.25, 0.3) is 0 Å². The van der Waals surface area contributed by atoms with Gasteiger partial charge in [0.05, 0.1) is 18.2 Å². The Morgan fingerprint density at radius 2 is 2.12 bits per heavy atom. The summed E-state index contributed by atoms with van der Waals surface area (Å²) in [6, 6.07) is 10.3. The van der Waals surface area contributed by atoms with Crippen molar-refractivity contribution in [3.05, 3.63) is 72.6 Å². The van der Waals surface area contributed by atoms with Crippen molar-refractivity contribution in [2.45, 2.75) is 13.2 Å². The van der Waals surface area contributed by atoms with E-state index in [0.717, 1.165) is 5.39 Å². The Bertz CT molecular complexity index is 1070. The molecule has 0 saturated carbocycles. The molecule has 3 aromatic heterocycles. The molecule has 130 valence electrons. The number of hydrogen-bond donors (Lipinski definition) is 1. The van der Waals surface area contributed by atoms with E-state index in [-0.39, 0.29) is 19.0 Å². The van der Waals surface area contributed by atoms with Crippen LogP contribution in [0.3, 0.4) is 0 Å². The highest BCUT2D eigenvalue weighted by Gasteiger charge is 2.17. The second-order valence-corrected chi connectivity index (χ2v) is 5.55. The SMILES string of the molecule is C=COCc1n[nH]c(-c2nn(Cc3ccccc3F)c3ncccc23)n1. The van der Waals surface area contributed by atoms with Crippen LogP contribution in [0.1, 0.15) is 11.4 Å². The fraction of sp³-hybridized carbons (Fsp3) is 0.111. The summed E-state index contributed by atoms with van der Waals surface area (Å²) in [5.74, 6) is 0.704. The molecule has 0 spiro atoms. The predicted molar refractivity (Wildman–Crippen MR) is 93.4 cm³/mol. The van der Waals surface area contributed by atoms with Crippen LogP contribution in [-0.4, -0.2) is 29.9 Å². The lowest BCUT2D eigenvalue weighted by Crippen LogP contribution is -2.04. The van der Waals surface area contributed by atoms with Gasteiger partial charge in [-0.15, -0.1) is 0 Å². The molecule has 7 nitrogen and oxygen atoms in total. The van der Waals surface area contributed by atoms with Crippen LogP contribution in [0.5, 0.6) is 0 Å². The highest BCUT2D eigenvalue weighted by molar-refractivity contribution is 5.89. The molecule has 1 N–H and O–H groups in total. The third-order valence-corrected chi connectivity index (χ3v) is 3.87. The standard InChI is InChI=1S/C18H15FN6O/c1-2-26-11-15-21-17(23-22-15)16-13-7-5-9-20-18(13)25(24-16)10-12-6-3-4-8-14(12)19/h2-9H,1,10-11H2,(H,21,22,23). The maximum atomic E-state index is 14.0. The van der Waals surface area contributed by atoms with Gasteiger partial charge in [0.2, 0.25) is 0 Å². The number of aromatic amines is 1. The van der Waals surface area contributed by atoms with Crippen molar-refractivity contribution < 1.29 is 9.13 Å². The van der Waals surface area contributed by atoms with Gasteiger partial charge in [-0.3, -0.25) is 5.10 Å². The quantitative estimate of drug-likeness (QED) is 0.541. The van der Waals surface area contributed by atoms with E-state index in [1.165, 1.54) is 12.3 Å². The van der Waals surface area contributed by atoms with Gasteiger partial charge >= 0.3 is 0 Å². The topological polar surface area (TPSA) is 81.5 Å². The molecule has 3 heterocycles. The second-order valence-electron chi connectivity index (χ2n) is 5.55. The molecule has 0 radical (unpaired) electrons. The van der Waals surface area contributed by atoms with Crippen molar-refractivity contribution in [3.8, 4) is 11.5 Å². The predicted octanol–water partition coefficient (Wildman–Crippen LogP) is 3.06.